The highest BCUT2D eigenvalue weighted by Crippen LogP contribution is 2.11. The first-order valence-corrected chi connectivity index (χ1v) is 3.98. The van der Waals surface area contributed by atoms with Gasteiger partial charge in [-0.25, -0.2) is 9.59 Å². The number of rotatable bonds is 2. The zero-order valence-electron chi connectivity index (χ0n) is 7.90. The van der Waals surface area contributed by atoms with Crippen LogP contribution in [0, 0.1) is 6.92 Å². The van der Waals surface area contributed by atoms with Gasteiger partial charge in [0.25, 0.3) is 0 Å². The molecule has 0 aliphatic rings. The van der Waals surface area contributed by atoms with Gasteiger partial charge in [-0.15, -0.1) is 0 Å². The summed E-state index contributed by atoms with van der Waals surface area (Å²) in [5.74, 6) is -1.47. The molecule has 1 rings (SSSR count). The third kappa shape index (κ3) is 1.90. The van der Waals surface area contributed by atoms with Crippen molar-refractivity contribution in [2.45, 2.75) is 6.92 Å². The van der Waals surface area contributed by atoms with E-state index in [4.69, 9.17) is 5.11 Å². The van der Waals surface area contributed by atoms with Crippen LogP contribution in [0.5, 0.6) is 0 Å². The summed E-state index contributed by atoms with van der Waals surface area (Å²) in [6.45, 7) is 1.63. The Morgan fingerprint density at radius 3 is 2.43 bits per heavy atom. The Balaban J connectivity index is 3.12. The van der Waals surface area contributed by atoms with Crippen LogP contribution in [0.25, 0.3) is 0 Å². The zero-order chi connectivity index (χ0) is 10.7. The molecule has 0 aromatic heterocycles. The number of aryl methyl sites for hydroxylation is 1. The summed E-state index contributed by atoms with van der Waals surface area (Å²) in [5.41, 5.74) is 1.09. The lowest BCUT2D eigenvalue weighted by molar-refractivity contribution is 0.0598. The summed E-state index contributed by atoms with van der Waals surface area (Å²) < 4.78 is 4.51. The van der Waals surface area contributed by atoms with E-state index in [0.29, 0.717) is 11.1 Å². The summed E-state index contributed by atoms with van der Waals surface area (Å²) >= 11 is 0. The van der Waals surface area contributed by atoms with E-state index in [0.717, 1.165) is 0 Å². The number of hydrogen-bond acceptors (Lipinski definition) is 3. The van der Waals surface area contributed by atoms with Gasteiger partial charge in [0.15, 0.2) is 0 Å². The molecule has 0 heterocycles. The van der Waals surface area contributed by atoms with E-state index in [2.05, 4.69) is 4.74 Å². The van der Waals surface area contributed by atoms with Crippen molar-refractivity contribution in [3.63, 3.8) is 0 Å². The van der Waals surface area contributed by atoms with E-state index >= 15 is 0 Å². The largest absolute Gasteiger partial charge is 0.478 e. The van der Waals surface area contributed by atoms with Crippen molar-refractivity contribution in [1.82, 2.24) is 0 Å². The second-order valence-electron chi connectivity index (χ2n) is 2.83. The van der Waals surface area contributed by atoms with E-state index in [1.165, 1.54) is 25.3 Å². The lowest BCUT2D eigenvalue weighted by atomic mass is 10.1. The molecule has 0 saturated heterocycles. The zero-order valence-corrected chi connectivity index (χ0v) is 7.90. The molecule has 0 aliphatic carbocycles. The average molecular weight is 194 g/mol. The number of carboxylic acids is 1. The molecular weight excluding hydrogens is 184 g/mol. The number of methoxy groups -OCH3 is 1. The van der Waals surface area contributed by atoms with Crippen LogP contribution in [-0.4, -0.2) is 24.2 Å². The fraction of sp³-hybridized carbons (Fsp3) is 0.200. The first-order valence-electron chi connectivity index (χ1n) is 3.98. The first-order chi connectivity index (χ1) is 6.56. The Morgan fingerprint density at radius 2 is 2.00 bits per heavy atom. The summed E-state index contributed by atoms with van der Waals surface area (Å²) in [5, 5.41) is 8.74. The van der Waals surface area contributed by atoms with Gasteiger partial charge in [-0.1, -0.05) is 0 Å². The molecule has 0 fully saturated rings. The van der Waals surface area contributed by atoms with Crippen molar-refractivity contribution < 1.29 is 19.4 Å². The van der Waals surface area contributed by atoms with Crippen LogP contribution >= 0.6 is 0 Å². The third-order valence-corrected chi connectivity index (χ3v) is 1.88. The molecule has 0 atom stereocenters. The Bertz CT molecular complexity index is 382. The molecule has 1 aromatic carbocycles. The lowest BCUT2D eigenvalue weighted by Crippen LogP contribution is -2.05. The van der Waals surface area contributed by atoms with Crippen LogP contribution in [-0.2, 0) is 4.74 Å². The second kappa shape index (κ2) is 3.91. The third-order valence-electron chi connectivity index (χ3n) is 1.88. The normalized spacial score (nSPS) is 9.57. The summed E-state index contributed by atoms with van der Waals surface area (Å²) in [6.07, 6.45) is 0. The molecule has 4 heteroatoms. The molecule has 0 saturated carbocycles. The predicted octanol–water partition coefficient (Wildman–Crippen LogP) is 1.48. The standard InChI is InChI=1S/C10H10O4/c1-6-5-7(10(13)14-2)3-4-8(6)9(11)12/h3-5H,1-2H3,(H,11,12). The number of benzene rings is 1. The molecule has 74 valence electrons. The highest BCUT2D eigenvalue weighted by Gasteiger charge is 2.10. The molecule has 0 radical (unpaired) electrons. The molecule has 0 amide bonds. The highest BCUT2D eigenvalue weighted by molar-refractivity contribution is 5.93. The summed E-state index contributed by atoms with van der Waals surface area (Å²) in [4.78, 5) is 21.7. The second-order valence-corrected chi connectivity index (χ2v) is 2.83. The average Bonchev–Trinajstić information content (AvgIpc) is 2.15. The number of carbonyl (C=O) groups excluding carboxylic acids is 1. The van der Waals surface area contributed by atoms with E-state index in [1.807, 2.05) is 0 Å². The maximum atomic E-state index is 11.1. The Kier molecular flexibility index (Phi) is 2.86. The first kappa shape index (κ1) is 10.2. The molecule has 0 spiro atoms. The molecule has 1 N–H and O–H groups in total. The van der Waals surface area contributed by atoms with Crippen molar-refractivity contribution in [3.05, 3.63) is 34.9 Å². The summed E-state index contributed by atoms with van der Waals surface area (Å²) in [6, 6.07) is 4.32. The van der Waals surface area contributed by atoms with Gasteiger partial charge in [-0.05, 0) is 30.7 Å². The van der Waals surface area contributed by atoms with Crippen LogP contribution in [0.15, 0.2) is 18.2 Å². The maximum absolute atomic E-state index is 11.1. The molecule has 4 nitrogen and oxygen atoms in total. The molecule has 1 aromatic rings. The SMILES string of the molecule is COC(=O)c1ccc(C(=O)O)c(C)c1. The monoisotopic (exact) mass is 194 g/mol. The van der Waals surface area contributed by atoms with Crippen LogP contribution < -0.4 is 0 Å². The predicted molar refractivity (Wildman–Crippen MR) is 49.5 cm³/mol. The van der Waals surface area contributed by atoms with Gasteiger partial charge in [0.1, 0.15) is 0 Å². The molecule has 0 unspecified atom stereocenters. The van der Waals surface area contributed by atoms with Crippen molar-refractivity contribution in [1.29, 1.82) is 0 Å². The fourth-order valence-corrected chi connectivity index (χ4v) is 1.15. The van der Waals surface area contributed by atoms with Crippen LogP contribution in [0.3, 0.4) is 0 Å². The van der Waals surface area contributed by atoms with E-state index in [1.54, 1.807) is 6.92 Å². The smallest absolute Gasteiger partial charge is 0.337 e. The fourth-order valence-electron chi connectivity index (χ4n) is 1.15. The van der Waals surface area contributed by atoms with Crippen molar-refractivity contribution in [3.8, 4) is 0 Å². The van der Waals surface area contributed by atoms with E-state index < -0.39 is 11.9 Å². The van der Waals surface area contributed by atoms with E-state index in [-0.39, 0.29) is 5.56 Å². The Morgan fingerprint density at radius 1 is 1.36 bits per heavy atom. The molecular formula is C10H10O4. The quantitative estimate of drug-likeness (QED) is 0.724. The van der Waals surface area contributed by atoms with Crippen molar-refractivity contribution >= 4 is 11.9 Å². The van der Waals surface area contributed by atoms with E-state index in [9.17, 15) is 9.59 Å². The summed E-state index contributed by atoms with van der Waals surface area (Å²) in [7, 11) is 1.28. The Labute approximate surface area is 81.1 Å². The van der Waals surface area contributed by atoms with Crippen LogP contribution in [0.2, 0.25) is 0 Å². The number of aromatic carboxylic acids is 1. The number of carbonyl (C=O) groups is 2. The highest BCUT2D eigenvalue weighted by atomic mass is 16.5. The van der Waals surface area contributed by atoms with Gasteiger partial charge < -0.3 is 9.84 Å². The van der Waals surface area contributed by atoms with Crippen LogP contribution in [0.1, 0.15) is 26.3 Å². The van der Waals surface area contributed by atoms with Gasteiger partial charge in [0.05, 0.1) is 18.2 Å². The number of hydrogen-bond donors (Lipinski definition) is 1. The van der Waals surface area contributed by atoms with Gasteiger partial charge in [0, 0.05) is 0 Å². The minimum atomic E-state index is -1.00. The van der Waals surface area contributed by atoms with Crippen molar-refractivity contribution in [2.75, 3.05) is 7.11 Å². The maximum Gasteiger partial charge on any atom is 0.337 e. The minimum Gasteiger partial charge on any atom is -0.478 e. The van der Waals surface area contributed by atoms with Crippen LogP contribution in [0.4, 0.5) is 0 Å². The number of ether oxygens (including phenoxy) is 1. The molecule has 0 bridgehead atoms. The molecule has 14 heavy (non-hydrogen) atoms. The Hall–Kier alpha value is -1.84. The van der Waals surface area contributed by atoms with Crippen molar-refractivity contribution in [2.24, 2.45) is 0 Å². The van der Waals surface area contributed by atoms with Gasteiger partial charge >= 0.3 is 11.9 Å². The number of carboxylic acid groups (broad SMARTS) is 1. The molecule has 0 aliphatic heterocycles. The minimum absolute atomic E-state index is 0.192. The number of esters is 1. The lowest BCUT2D eigenvalue weighted by Gasteiger charge is -2.03. The van der Waals surface area contributed by atoms with Gasteiger partial charge in [0.2, 0.25) is 0 Å². The van der Waals surface area contributed by atoms with Gasteiger partial charge in [-0.3, -0.25) is 0 Å². The van der Waals surface area contributed by atoms with Gasteiger partial charge in [-0.2, -0.15) is 0 Å². The topological polar surface area (TPSA) is 63.6 Å².